The number of esters is 1. The molecule has 0 aromatic heterocycles. The van der Waals surface area contributed by atoms with E-state index in [1.807, 2.05) is 35.2 Å². The van der Waals surface area contributed by atoms with Crippen LogP contribution in [-0.2, 0) is 19.8 Å². The van der Waals surface area contributed by atoms with Crippen molar-refractivity contribution >= 4 is 21.1 Å². The van der Waals surface area contributed by atoms with Crippen LogP contribution >= 0.6 is 0 Å². The van der Waals surface area contributed by atoms with Crippen LogP contribution in [0.3, 0.4) is 0 Å². The van der Waals surface area contributed by atoms with Gasteiger partial charge in [0.1, 0.15) is 16.9 Å². The smallest absolute Gasteiger partial charge is 0.317 e. The minimum absolute atomic E-state index is 0.0533. The summed E-state index contributed by atoms with van der Waals surface area (Å²) in [5, 5.41) is 0. The lowest BCUT2D eigenvalue weighted by Crippen LogP contribution is -2.50. The minimum Gasteiger partial charge on any atom is -0.465 e. The molecule has 162 valence electrons. The van der Waals surface area contributed by atoms with Crippen LogP contribution in [-0.4, -0.2) is 50.4 Å². The standard InChI is InChI=1S/C24H25NO5S/c1-3-16-25-17-14-24(15-18-25,23(26)29-4-2)22(31(27)28)19-10-12-21(13-11-19)30-20-8-6-5-7-9-20/h1,5-13H,4,14-18H2,2H3. The summed E-state index contributed by atoms with van der Waals surface area (Å²) in [6, 6.07) is 16.0. The molecule has 0 amide bonds. The van der Waals surface area contributed by atoms with Crippen LogP contribution in [0.25, 0.3) is 0 Å². The monoisotopic (exact) mass is 439 g/mol. The minimum atomic E-state index is -2.61. The van der Waals surface area contributed by atoms with Gasteiger partial charge in [-0.3, -0.25) is 9.69 Å². The third-order valence-electron chi connectivity index (χ3n) is 5.39. The van der Waals surface area contributed by atoms with E-state index in [0.717, 1.165) is 0 Å². The van der Waals surface area contributed by atoms with Crippen LogP contribution in [0.15, 0.2) is 54.6 Å². The Bertz CT molecular complexity index is 1070. The van der Waals surface area contributed by atoms with Gasteiger partial charge < -0.3 is 9.47 Å². The first-order chi connectivity index (χ1) is 15.0. The van der Waals surface area contributed by atoms with E-state index < -0.39 is 21.7 Å². The van der Waals surface area contributed by atoms with Crippen molar-refractivity contribution in [2.24, 2.45) is 5.41 Å². The summed E-state index contributed by atoms with van der Waals surface area (Å²) in [5.74, 6) is 3.33. The molecule has 0 aliphatic carbocycles. The Kier molecular flexibility index (Phi) is 7.50. The Morgan fingerprint density at radius 2 is 1.68 bits per heavy atom. The van der Waals surface area contributed by atoms with Gasteiger partial charge >= 0.3 is 5.97 Å². The van der Waals surface area contributed by atoms with Crippen LogP contribution in [0.2, 0.25) is 0 Å². The van der Waals surface area contributed by atoms with Gasteiger partial charge in [0.2, 0.25) is 10.3 Å². The van der Waals surface area contributed by atoms with E-state index in [1.165, 1.54) is 0 Å². The predicted molar refractivity (Wildman–Crippen MR) is 120 cm³/mol. The predicted octanol–water partition coefficient (Wildman–Crippen LogP) is 3.16. The highest BCUT2D eigenvalue weighted by Crippen LogP contribution is 2.37. The van der Waals surface area contributed by atoms with Crippen LogP contribution in [0.1, 0.15) is 25.3 Å². The normalized spacial score (nSPS) is 15.5. The van der Waals surface area contributed by atoms with E-state index in [9.17, 15) is 13.2 Å². The average Bonchev–Trinajstić information content (AvgIpc) is 2.77. The van der Waals surface area contributed by atoms with Crippen molar-refractivity contribution in [2.75, 3.05) is 26.2 Å². The number of hydrogen-bond acceptors (Lipinski definition) is 6. The van der Waals surface area contributed by atoms with Gasteiger partial charge in [0.15, 0.2) is 0 Å². The lowest BCUT2D eigenvalue weighted by molar-refractivity contribution is -0.153. The lowest BCUT2D eigenvalue weighted by Gasteiger charge is -2.39. The van der Waals surface area contributed by atoms with Crippen molar-refractivity contribution in [3.8, 4) is 23.8 Å². The van der Waals surface area contributed by atoms with Gasteiger partial charge in [-0.05, 0) is 61.7 Å². The second kappa shape index (κ2) is 10.3. The molecule has 31 heavy (non-hydrogen) atoms. The summed E-state index contributed by atoms with van der Waals surface area (Å²) in [5.41, 5.74) is -0.789. The van der Waals surface area contributed by atoms with Gasteiger partial charge in [-0.15, -0.1) is 6.42 Å². The number of carbonyl (C=O) groups is 1. The number of piperidine rings is 1. The molecule has 0 radical (unpaired) electrons. The molecule has 0 bridgehead atoms. The molecule has 0 saturated carbocycles. The second-order valence-corrected chi connectivity index (χ2v) is 8.16. The number of rotatable bonds is 7. The van der Waals surface area contributed by atoms with Crippen molar-refractivity contribution < 1.29 is 22.7 Å². The number of carbonyl (C=O) groups excluding carboxylic acids is 1. The van der Waals surface area contributed by atoms with Gasteiger partial charge in [-0.2, -0.15) is 8.42 Å². The van der Waals surface area contributed by atoms with Gasteiger partial charge in [-0.1, -0.05) is 24.1 Å². The molecule has 1 aliphatic rings. The SMILES string of the molecule is C#CCN1CCC(C(=O)OCC)(C(c2ccc(Oc3ccccc3)cc2)=S(=O)=O)CC1. The zero-order chi connectivity index (χ0) is 22.3. The molecule has 1 fully saturated rings. The van der Waals surface area contributed by atoms with Gasteiger partial charge in [-0.25, -0.2) is 0 Å². The highest BCUT2D eigenvalue weighted by atomic mass is 32.2. The summed E-state index contributed by atoms with van der Waals surface area (Å²) in [4.78, 5) is 15.1. The first-order valence-corrected chi connectivity index (χ1v) is 11.2. The first-order valence-electron chi connectivity index (χ1n) is 10.1. The van der Waals surface area contributed by atoms with E-state index in [0.29, 0.717) is 49.5 Å². The van der Waals surface area contributed by atoms with Crippen molar-refractivity contribution in [1.29, 1.82) is 0 Å². The summed E-state index contributed by atoms with van der Waals surface area (Å²) in [7, 11) is -2.61. The topological polar surface area (TPSA) is 72.9 Å². The number of hydrogen-bond donors (Lipinski definition) is 0. The Labute approximate surface area is 184 Å². The van der Waals surface area contributed by atoms with Crippen LogP contribution in [0.4, 0.5) is 0 Å². The highest BCUT2D eigenvalue weighted by Gasteiger charge is 2.48. The van der Waals surface area contributed by atoms with Crippen molar-refractivity contribution in [2.45, 2.75) is 19.8 Å². The molecule has 0 N–H and O–H groups in total. The largest absolute Gasteiger partial charge is 0.465 e. The maximum absolute atomic E-state index is 13.0. The molecule has 0 atom stereocenters. The third kappa shape index (κ3) is 5.16. The number of likely N-dealkylation sites (tertiary alicyclic amines) is 1. The molecule has 2 aromatic rings. The summed E-state index contributed by atoms with van der Waals surface area (Å²) >= 11 is 0. The Morgan fingerprint density at radius 3 is 2.23 bits per heavy atom. The Hall–Kier alpha value is -3.08. The van der Waals surface area contributed by atoms with Crippen molar-refractivity contribution in [1.82, 2.24) is 4.90 Å². The van der Waals surface area contributed by atoms with Gasteiger partial charge in [0.25, 0.3) is 0 Å². The maximum Gasteiger partial charge on any atom is 0.317 e. The highest BCUT2D eigenvalue weighted by molar-refractivity contribution is 7.73. The molecule has 0 unspecified atom stereocenters. The fraction of sp³-hybridized carbons (Fsp3) is 0.333. The van der Waals surface area contributed by atoms with Crippen LogP contribution in [0.5, 0.6) is 11.5 Å². The molecule has 3 rings (SSSR count). The van der Waals surface area contributed by atoms with Crippen molar-refractivity contribution in [3.05, 3.63) is 60.2 Å². The fourth-order valence-electron chi connectivity index (χ4n) is 3.85. The summed E-state index contributed by atoms with van der Waals surface area (Å²) < 4.78 is 35.9. The molecule has 6 nitrogen and oxygen atoms in total. The summed E-state index contributed by atoms with van der Waals surface area (Å²) in [6.07, 6.45) is 6.04. The Morgan fingerprint density at radius 1 is 1.06 bits per heavy atom. The lowest BCUT2D eigenvalue weighted by atomic mass is 9.73. The molecule has 7 heteroatoms. The van der Waals surface area contributed by atoms with E-state index in [4.69, 9.17) is 15.9 Å². The van der Waals surface area contributed by atoms with E-state index in [2.05, 4.69) is 5.92 Å². The van der Waals surface area contributed by atoms with Crippen molar-refractivity contribution in [3.63, 3.8) is 0 Å². The summed E-state index contributed by atoms with van der Waals surface area (Å²) in [6.45, 7) is 3.37. The maximum atomic E-state index is 13.0. The number of benzene rings is 2. The van der Waals surface area contributed by atoms with Gasteiger partial charge in [0, 0.05) is 13.1 Å². The number of nitrogens with zero attached hydrogens (tertiary/aromatic N) is 1. The van der Waals surface area contributed by atoms with Gasteiger partial charge in [0.05, 0.1) is 18.0 Å². The molecule has 1 saturated heterocycles. The first kappa shape index (κ1) is 22.6. The van der Waals surface area contributed by atoms with Crippen LogP contribution < -0.4 is 4.74 Å². The molecular formula is C24H25NO5S. The number of ether oxygens (including phenoxy) is 2. The molecule has 2 aromatic carbocycles. The molecule has 0 spiro atoms. The van der Waals surface area contributed by atoms with E-state index >= 15 is 0 Å². The van der Waals surface area contributed by atoms with E-state index in [-0.39, 0.29) is 11.5 Å². The fourth-order valence-corrected chi connectivity index (χ4v) is 4.78. The molecular weight excluding hydrogens is 414 g/mol. The quantitative estimate of drug-likeness (QED) is 0.286. The van der Waals surface area contributed by atoms with Crippen LogP contribution in [0, 0.1) is 17.8 Å². The third-order valence-corrected chi connectivity index (χ3v) is 6.35. The molecule has 1 aliphatic heterocycles. The zero-order valence-corrected chi connectivity index (χ0v) is 18.2. The number of para-hydroxylation sites is 1. The molecule has 1 heterocycles. The Balaban J connectivity index is 1.94. The second-order valence-electron chi connectivity index (χ2n) is 7.29. The zero-order valence-electron chi connectivity index (χ0n) is 17.4. The average molecular weight is 440 g/mol. The van der Waals surface area contributed by atoms with E-state index in [1.54, 1.807) is 31.2 Å². The number of terminal acetylenes is 1.